The zero-order valence-electron chi connectivity index (χ0n) is 13.9. The molecule has 0 amide bonds. The van der Waals surface area contributed by atoms with Crippen LogP contribution >= 0.6 is 0 Å². The largest absolute Gasteiger partial charge is 0.394 e. The minimum absolute atomic E-state index is 0.142. The highest BCUT2D eigenvalue weighted by atomic mass is 16.5. The predicted octanol–water partition coefficient (Wildman–Crippen LogP) is 1.81. The summed E-state index contributed by atoms with van der Waals surface area (Å²) >= 11 is 0. The molecule has 0 aromatic rings. The van der Waals surface area contributed by atoms with Gasteiger partial charge in [0.25, 0.3) is 0 Å². The SMILES string of the molecule is CC(C)C(C)(C)C1C(CO)OC(C(C)(C)C)C(O)C1O. The van der Waals surface area contributed by atoms with E-state index in [1.807, 2.05) is 20.8 Å². The Hall–Kier alpha value is -0.160. The fraction of sp³-hybridized carbons (Fsp3) is 1.00. The van der Waals surface area contributed by atoms with Crippen LogP contribution in [0.4, 0.5) is 0 Å². The molecule has 120 valence electrons. The zero-order chi connectivity index (χ0) is 15.9. The van der Waals surface area contributed by atoms with Gasteiger partial charge in [0, 0.05) is 5.92 Å². The van der Waals surface area contributed by atoms with Crippen molar-refractivity contribution in [3.63, 3.8) is 0 Å². The second-order valence-electron chi connectivity index (χ2n) is 8.13. The first kappa shape index (κ1) is 17.9. The fourth-order valence-electron chi connectivity index (χ4n) is 3.14. The Balaban J connectivity index is 3.11. The monoisotopic (exact) mass is 288 g/mol. The molecule has 3 N–H and O–H groups in total. The summed E-state index contributed by atoms with van der Waals surface area (Å²) in [6, 6.07) is 0. The predicted molar refractivity (Wildman–Crippen MR) is 79.3 cm³/mol. The van der Waals surface area contributed by atoms with Crippen molar-refractivity contribution in [2.75, 3.05) is 6.61 Å². The average molecular weight is 288 g/mol. The number of hydrogen-bond acceptors (Lipinski definition) is 4. The van der Waals surface area contributed by atoms with E-state index in [1.54, 1.807) is 0 Å². The van der Waals surface area contributed by atoms with E-state index in [1.165, 1.54) is 0 Å². The lowest BCUT2D eigenvalue weighted by Crippen LogP contribution is -2.62. The van der Waals surface area contributed by atoms with Gasteiger partial charge in [0.05, 0.1) is 24.9 Å². The molecular formula is C16H32O4. The molecule has 0 aromatic heterocycles. The Labute approximate surface area is 123 Å². The molecule has 1 saturated heterocycles. The van der Waals surface area contributed by atoms with Gasteiger partial charge in [-0.3, -0.25) is 0 Å². The summed E-state index contributed by atoms with van der Waals surface area (Å²) < 4.78 is 5.97. The van der Waals surface area contributed by atoms with Gasteiger partial charge in [-0.2, -0.15) is 0 Å². The lowest BCUT2D eigenvalue weighted by atomic mass is 9.63. The Morgan fingerprint density at radius 3 is 1.85 bits per heavy atom. The third kappa shape index (κ3) is 3.19. The lowest BCUT2D eigenvalue weighted by Gasteiger charge is -2.53. The van der Waals surface area contributed by atoms with E-state index in [9.17, 15) is 15.3 Å². The smallest absolute Gasteiger partial charge is 0.107 e. The van der Waals surface area contributed by atoms with Gasteiger partial charge >= 0.3 is 0 Å². The van der Waals surface area contributed by atoms with Gasteiger partial charge in [-0.25, -0.2) is 0 Å². The molecule has 5 atom stereocenters. The third-order valence-electron chi connectivity index (χ3n) is 5.13. The Morgan fingerprint density at radius 2 is 1.50 bits per heavy atom. The normalized spacial score (nSPS) is 36.5. The quantitative estimate of drug-likeness (QED) is 0.741. The maximum atomic E-state index is 10.6. The van der Waals surface area contributed by atoms with E-state index < -0.39 is 24.4 Å². The molecule has 0 saturated carbocycles. The first-order valence-electron chi connectivity index (χ1n) is 7.57. The van der Waals surface area contributed by atoms with Crippen LogP contribution in [0, 0.1) is 22.7 Å². The maximum absolute atomic E-state index is 10.6. The van der Waals surface area contributed by atoms with Crippen molar-refractivity contribution in [2.45, 2.75) is 72.9 Å². The second-order valence-corrected chi connectivity index (χ2v) is 8.13. The van der Waals surface area contributed by atoms with Gasteiger partial charge in [0.1, 0.15) is 6.10 Å². The molecule has 0 radical (unpaired) electrons. The standard InChI is InChI=1S/C16H32O4/c1-9(2)16(6,7)11-10(8-17)20-14(15(3,4)5)13(19)12(11)18/h9-14,17-19H,8H2,1-7H3. The number of aliphatic hydroxyl groups is 3. The first-order chi connectivity index (χ1) is 8.94. The summed E-state index contributed by atoms with van der Waals surface area (Å²) in [6.07, 6.45) is -2.74. The Kier molecular flexibility index (Phi) is 5.29. The van der Waals surface area contributed by atoms with Crippen LogP contribution in [0.3, 0.4) is 0 Å². The van der Waals surface area contributed by atoms with Crippen LogP contribution < -0.4 is 0 Å². The van der Waals surface area contributed by atoms with Crippen LogP contribution in [0.25, 0.3) is 0 Å². The van der Waals surface area contributed by atoms with Crippen molar-refractivity contribution >= 4 is 0 Å². The molecule has 20 heavy (non-hydrogen) atoms. The maximum Gasteiger partial charge on any atom is 0.107 e. The summed E-state index contributed by atoms with van der Waals surface area (Å²) in [6.45, 7) is 14.1. The minimum Gasteiger partial charge on any atom is -0.394 e. The van der Waals surface area contributed by atoms with Crippen LogP contribution in [-0.4, -0.2) is 46.3 Å². The summed E-state index contributed by atoms with van der Waals surface area (Å²) in [4.78, 5) is 0. The van der Waals surface area contributed by atoms with Crippen LogP contribution in [0.1, 0.15) is 48.5 Å². The highest BCUT2D eigenvalue weighted by Crippen LogP contribution is 2.46. The molecule has 4 nitrogen and oxygen atoms in total. The summed E-state index contributed by atoms with van der Waals surface area (Å²) in [5.74, 6) is 0.0132. The van der Waals surface area contributed by atoms with Gasteiger partial charge < -0.3 is 20.1 Å². The van der Waals surface area contributed by atoms with Gasteiger partial charge in [0.15, 0.2) is 0 Å². The topological polar surface area (TPSA) is 69.9 Å². The first-order valence-corrected chi connectivity index (χ1v) is 7.57. The molecule has 0 aromatic carbocycles. The zero-order valence-corrected chi connectivity index (χ0v) is 13.9. The van der Waals surface area contributed by atoms with Crippen LogP contribution in [0.2, 0.25) is 0 Å². The van der Waals surface area contributed by atoms with Crippen molar-refractivity contribution in [2.24, 2.45) is 22.7 Å². The third-order valence-corrected chi connectivity index (χ3v) is 5.13. The molecular weight excluding hydrogens is 256 g/mol. The van der Waals surface area contributed by atoms with Crippen molar-refractivity contribution in [1.29, 1.82) is 0 Å². The lowest BCUT2D eigenvalue weighted by molar-refractivity contribution is -0.255. The molecule has 0 aliphatic carbocycles. The highest BCUT2D eigenvalue weighted by molar-refractivity contribution is 5.01. The van der Waals surface area contributed by atoms with Crippen molar-refractivity contribution < 1.29 is 20.1 Å². The van der Waals surface area contributed by atoms with Crippen molar-refractivity contribution in [1.82, 2.24) is 0 Å². The van der Waals surface area contributed by atoms with E-state index in [0.717, 1.165) is 0 Å². The van der Waals surface area contributed by atoms with Gasteiger partial charge in [-0.05, 0) is 16.7 Å². The van der Waals surface area contributed by atoms with Crippen LogP contribution in [-0.2, 0) is 4.74 Å². The molecule has 1 heterocycles. The number of ether oxygens (including phenoxy) is 1. The second kappa shape index (κ2) is 5.91. The number of rotatable bonds is 3. The van der Waals surface area contributed by atoms with Gasteiger partial charge in [0.2, 0.25) is 0 Å². The minimum atomic E-state index is -0.930. The summed E-state index contributed by atoms with van der Waals surface area (Å²) in [7, 11) is 0. The van der Waals surface area contributed by atoms with E-state index in [2.05, 4.69) is 27.7 Å². The van der Waals surface area contributed by atoms with E-state index in [0.29, 0.717) is 5.92 Å². The highest BCUT2D eigenvalue weighted by Gasteiger charge is 2.53. The summed E-state index contributed by atoms with van der Waals surface area (Å²) in [5.41, 5.74) is -0.530. The van der Waals surface area contributed by atoms with Crippen LogP contribution in [0.5, 0.6) is 0 Å². The van der Waals surface area contributed by atoms with Gasteiger partial charge in [-0.15, -0.1) is 0 Å². The number of hydrogen-bond donors (Lipinski definition) is 3. The fourth-order valence-corrected chi connectivity index (χ4v) is 3.14. The molecule has 1 fully saturated rings. The Bertz CT molecular complexity index is 317. The van der Waals surface area contributed by atoms with Crippen molar-refractivity contribution in [3.8, 4) is 0 Å². The molecule has 1 aliphatic rings. The average Bonchev–Trinajstić information content (AvgIpc) is 2.29. The molecule has 1 aliphatic heterocycles. The van der Waals surface area contributed by atoms with E-state index in [4.69, 9.17) is 4.74 Å². The molecule has 5 unspecified atom stereocenters. The molecule has 0 bridgehead atoms. The molecule has 1 rings (SSSR count). The summed E-state index contributed by atoms with van der Waals surface area (Å²) in [5, 5.41) is 30.7. The van der Waals surface area contributed by atoms with E-state index >= 15 is 0 Å². The molecule has 0 spiro atoms. The Morgan fingerprint density at radius 1 is 1.00 bits per heavy atom. The molecule has 4 heteroatoms. The van der Waals surface area contributed by atoms with Gasteiger partial charge in [-0.1, -0.05) is 48.5 Å². The number of aliphatic hydroxyl groups excluding tert-OH is 3. The van der Waals surface area contributed by atoms with E-state index in [-0.39, 0.29) is 23.4 Å². The van der Waals surface area contributed by atoms with Crippen LogP contribution in [0.15, 0.2) is 0 Å². The van der Waals surface area contributed by atoms with Crippen molar-refractivity contribution in [3.05, 3.63) is 0 Å².